The van der Waals surface area contributed by atoms with E-state index < -0.39 is 0 Å². The third kappa shape index (κ3) is 6.99. The second-order valence-corrected chi connectivity index (χ2v) is 4.93. The summed E-state index contributed by atoms with van der Waals surface area (Å²) >= 11 is 0. The van der Waals surface area contributed by atoms with E-state index in [1.165, 1.54) is 0 Å². The molecule has 0 aromatic heterocycles. The van der Waals surface area contributed by atoms with Crippen molar-refractivity contribution in [2.24, 2.45) is 5.41 Å². The first-order valence-electron chi connectivity index (χ1n) is 4.85. The Morgan fingerprint density at radius 2 is 1.92 bits per heavy atom. The first kappa shape index (κ1) is 12.9. The molecule has 0 spiro atoms. The van der Waals surface area contributed by atoms with Gasteiger partial charge in [0.2, 0.25) is 0 Å². The van der Waals surface area contributed by atoms with Crippen molar-refractivity contribution in [3.8, 4) is 0 Å². The van der Waals surface area contributed by atoms with Crippen LogP contribution in [0.1, 0.15) is 20.8 Å². The van der Waals surface area contributed by atoms with Gasteiger partial charge in [-0.05, 0) is 19.5 Å². The third-order valence-corrected chi connectivity index (χ3v) is 1.90. The van der Waals surface area contributed by atoms with Crippen LogP contribution in [-0.2, 0) is 0 Å². The molecule has 0 aromatic carbocycles. The predicted molar refractivity (Wildman–Crippen MR) is 56.9 cm³/mol. The molecule has 0 aromatic rings. The quantitative estimate of drug-likeness (QED) is 0.661. The molecule has 0 amide bonds. The van der Waals surface area contributed by atoms with E-state index in [1.54, 1.807) is 0 Å². The van der Waals surface area contributed by atoms with Gasteiger partial charge in [0.1, 0.15) is 0 Å². The van der Waals surface area contributed by atoms with E-state index in [9.17, 15) is 0 Å². The second kappa shape index (κ2) is 5.58. The molecule has 0 aliphatic heterocycles. The highest BCUT2D eigenvalue weighted by Gasteiger charge is 2.15. The number of nitrogens with zero attached hydrogens (tertiary/aromatic N) is 1. The van der Waals surface area contributed by atoms with Crippen LogP contribution in [0.25, 0.3) is 0 Å². The zero-order valence-corrected chi connectivity index (χ0v) is 9.59. The lowest BCUT2D eigenvalue weighted by molar-refractivity contribution is 0.172. The molecule has 0 aliphatic carbocycles. The van der Waals surface area contributed by atoms with E-state index in [4.69, 9.17) is 5.11 Å². The van der Waals surface area contributed by atoms with Gasteiger partial charge in [0, 0.05) is 19.1 Å². The fraction of sp³-hybridized carbons (Fsp3) is 1.00. The molecule has 0 radical (unpaired) electrons. The molecule has 0 saturated carbocycles. The van der Waals surface area contributed by atoms with E-state index in [1.807, 2.05) is 7.05 Å². The van der Waals surface area contributed by atoms with Crippen molar-refractivity contribution in [2.45, 2.75) is 26.8 Å². The predicted octanol–water partition coefficient (Wildman–Crippen LogP) is 0.545. The molecule has 3 heteroatoms. The van der Waals surface area contributed by atoms with Crippen LogP contribution < -0.4 is 5.32 Å². The van der Waals surface area contributed by atoms with Crippen molar-refractivity contribution in [1.82, 2.24) is 10.2 Å². The molecule has 3 nitrogen and oxygen atoms in total. The summed E-state index contributed by atoms with van der Waals surface area (Å²) in [6.07, 6.45) is 0. The van der Waals surface area contributed by atoms with Crippen molar-refractivity contribution < 1.29 is 5.11 Å². The Morgan fingerprint density at radius 1 is 1.38 bits per heavy atom. The third-order valence-electron chi connectivity index (χ3n) is 1.90. The topological polar surface area (TPSA) is 35.5 Å². The minimum atomic E-state index is 0.187. The van der Waals surface area contributed by atoms with Crippen LogP contribution in [0.2, 0.25) is 0 Å². The maximum Gasteiger partial charge on any atom is 0.0597 e. The van der Waals surface area contributed by atoms with Gasteiger partial charge in [-0.1, -0.05) is 20.8 Å². The molecule has 0 rings (SSSR count). The number of aliphatic hydroxyl groups excluding tert-OH is 1. The van der Waals surface area contributed by atoms with Gasteiger partial charge in [-0.25, -0.2) is 0 Å². The van der Waals surface area contributed by atoms with Gasteiger partial charge in [-0.3, -0.25) is 0 Å². The Hall–Kier alpha value is -0.120. The first-order valence-corrected chi connectivity index (χ1v) is 4.85. The Bertz CT molecular complexity index is 127. The van der Waals surface area contributed by atoms with Gasteiger partial charge in [0.05, 0.1) is 6.61 Å². The van der Waals surface area contributed by atoms with Crippen LogP contribution in [-0.4, -0.2) is 49.8 Å². The standard InChI is InChI=1S/C10H24N2O/c1-10(2,3)8-12(5)6-9(7-13)11-4/h9,11,13H,6-8H2,1-5H3. The van der Waals surface area contributed by atoms with Gasteiger partial charge >= 0.3 is 0 Å². The van der Waals surface area contributed by atoms with E-state index in [-0.39, 0.29) is 12.6 Å². The maximum atomic E-state index is 8.98. The molecule has 80 valence electrons. The highest BCUT2D eigenvalue weighted by atomic mass is 16.3. The first-order chi connectivity index (χ1) is 5.89. The summed E-state index contributed by atoms with van der Waals surface area (Å²) in [5.74, 6) is 0. The Kier molecular flexibility index (Phi) is 5.53. The average Bonchev–Trinajstić information content (AvgIpc) is 1.96. The molecule has 13 heavy (non-hydrogen) atoms. The number of likely N-dealkylation sites (N-methyl/N-ethyl adjacent to an activating group) is 2. The monoisotopic (exact) mass is 188 g/mol. The van der Waals surface area contributed by atoms with Crippen LogP contribution in [0, 0.1) is 5.41 Å². The van der Waals surface area contributed by atoms with Crippen molar-refractivity contribution in [3.05, 3.63) is 0 Å². The molecule has 1 atom stereocenters. The molecule has 0 bridgehead atoms. The minimum Gasteiger partial charge on any atom is -0.395 e. The average molecular weight is 188 g/mol. The van der Waals surface area contributed by atoms with Gasteiger partial charge in [-0.15, -0.1) is 0 Å². The summed E-state index contributed by atoms with van der Waals surface area (Å²) in [6, 6.07) is 0.187. The Morgan fingerprint density at radius 3 is 2.23 bits per heavy atom. The van der Waals surface area contributed by atoms with E-state index in [0.717, 1.165) is 13.1 Å². The largest absolute Gasteiger partial charge is 0.395 e. The van der Waals surface area contributed by atoms with Gasteiger partial charge in [-0.2, -0.15) is 0 Å². The molecule has 0 heterocycles. The van der Waals surface area contributed by atoms with Crippen LogP contribution in [0.3, 0.4) is 0 Å². The van der Waals surface area contributed by atoms with Crippen LogP contribution in [0.15, 0.2) is 0 Å². The fourth-order valence-corrected chi connectivity index (χ4v) is 1.49. The summed E-state index contributed by atoms with van der Waals surface area (Å²) < 4.78 is 0. The number of aliphatic hydroxyl groups is 1. The van der Waals surface area contributed by atoms with E-state index >= 15 is 0 Å². The van der Waals surface area contributed by atoms with Gasteiger partial charge in [0.15, 0.2) is 0 Å². The highest BCUT2D eigenvalue weighted by Crippen LogP contribution is 2.13. The van der Waals surface area contributed by atoms with Crippen molar-refractivity contribution in [3.63, 3.8) is 0 Å². The van der Waals surface area contributed by atoms with E-state index in [2.05, 4.69) is 38.0 Å². The molecular weight excluding hydrogens is 164 g/mol. The van der Waals surface area contributed by atoms with Crippen molar-refractivity contribution >= 4 is 0 Å². The summed E-state index contributed by atoms with van der Waals surface area (Å²) in [4.78, 5) is 2.25. The number of hydrogen-bond acceptors (Lipinski definition) is 3. The SMILES string of the molecule is CNC(CO)CN(C)CC(C)(C)C. The number of rotatable bonds is 5. The summed E-state index contributed by atoms with van der Waals surface area (Å²) in [6.45, 7) is 8.80. The van der Waals surface area contributed by atoms with Crippen LogP contribution >= 0.6 is 0 Å². The molecule has 0 aliphatic rings. The van der Waals surface area contributed by atoms with Crippen molar-refractivity contribution in [1.29, 1.82) is 0 Å². The normalized spacial score (nSPS) is 15.0. The Labute approximate surface area is 82.1 Å². The maximum absolute atomic E-state index is 8.98. The summed E-state index contributed by atoms with van der Waals surface area (Å²) in [5, 5.41) is 12.1. The number of nitrogens with one attached hydrogen (secondary N) is 1. The molecule has 0 fully saturated rings. The second-order valence-electron chi connectivity index (χ2n) is 4.93. The molecule has 0 saturated heterocycles. The van der Waals surface area contributed by atoms with Crippen LogP contribution in [0.4, 0.5) is 0 Å². The van der Waals surface area contributed by atoms with Gasteiger partial charge < -0.3 is 15.3 Å². The summed E-state index contributed by atoms with van der Waals surface area (Å²) in [5.41, 5.74) is 0.322. The Balaban J connectivity index is 3.79. The smallest absolute Gasteiger partial charge is 0.0597 e. The van der Waals surface area contributed by atoms with Gasteiger partial charge in [0.25, 0.3) is 0 Å². The molecular formula is C10H24N2O. The zero-order valence-electron chi connectivity index (χ0n) is 9.59. The molecule has 1 unspecified atom stereocenters. The fourth-order valence-electron chi connectivity index (χ4n) is 1.49. The molecule has 2 N–H and O–H groups in total. The van der Waals surface area contributed by atoms with Crippen molar-refractivity contribution in [2.75, 3.05) is 33.8 Å². The number of hydrogen-bond donors (Lipinski definition) is 2. The summed E-state index contributed by atoms with van der Waals surface area (Å²) in [7, 11) is 3.97. The van der Waals surface area contributed by atoms with Crippen LogP contribution in [0.5, 0.6) is 0 Å². The highest BCUT2D eigenvalue weighted by molar-refractivity contribution is 4.72. The zero-order chi connectivity index (χ0) is 10.5. The lowest BCUT2D eigenvalue weighted by Gasteiger charge is -2.29. The van der Waals surface area contributed by atoms with E-state index in [0.29, 0.717) is 5.41 Å². The lowest BCUT2D eigenvalue weighted by Crippen LogP contribution is -2.42. The lowest BCUT2D eigenvalue weighted by atomic mass is 9.96. The minimum absolute atomic E-state index is 0.187.